The largest absolute Gasteiger partial charge is 0.479 e. The summed E-state index contributed by atoms with van der Waals surface area (Å²) in [4.78, 5) is 10.0. The number of aliphatic hydroxyl groups excluding tert-OH is 2. The van der Waals surface area contributed by atoms with E-state index in [2.05, 4.69) is 0 Å². The van der Waals surface area contributed by atoms with E-state index in [1.807, 2.05) is 0 Å². The zero-order chi connectivity index (χ0) is 8.85. The Labute approximate surface area is 64.4 Å². The van der Waals surface area contributed by atoms with Crippen LogP contribution < -0.4 is 5.73 Å². The number of carboxylic acids is 1. The van der Waals surface area contributed by atoms with Crippen LogP contribution in [0, 0.1) is 0 Å². The van der Waals surface area contributed by atoms with Crippen molar-refractivity contribution < 1.29 is 20.1 Å². The Balaban J connectivity index is 3.45. The molecule has 0 aliphatic carbocycles. The highest BCUT2D eigenvalue weighted by molar-refractivity contribution is 5.71. The predicted octanol–water partition coefficient (Wildman–Crippen LogP) is -1.47. The molecule has 5 heteroatoms. The molecule has 5 nitrogen and oxygen atoms in total. The van der Waals surface area contributed by atoms with E-state index in [1.165, 1.54) is 0 Å². The van der Waals surface area contributed by atoms with Crippen LogP contribution >= 0.6 is 0 Å². The number of carbonyl (C=O) groups is 1. The third-order valence-corrected chi connectivity index (χ3v) is 1.33. The van der Waals surface area contributed by atoms with Crippen LogP contribution in [-0.2, 0) is 4.79 Å². The van der Waals surface area contributed by atoms with Crippen LogP contribution in [0.1, 0.15) is 12.8 Å². The Bertz CT molecular complexity index is 128. The first-order chi connectivity index (χ1) is 5.07. The van der Waals surface area contributed by atoms with Gasteiger partial charge < -0.3 is 21.1 Å². The molecule has 0 bridgehead atoms. The van der Waals surface area contributed by atoms with Gasteiger partial charge in [-0.3, -0.25) is 0 Å². The number of nitrogens with two attached hydrogens (primary N) is 1. The zero-order valence-electron chi connectivity index (χ0n) is 6.10. The molecule has 0 saturated heterocycles. The molecule has 0 amide bonds. The van der Waals surface area contributed by atoms with Crippen molar-refractivity contribution in [3.63, 3.8) is 0 Å². The van der Waals surface area contributed by atoms with E-state index in [4.69, 9.17) is 21.1 Å². The van der Waals surface area contributed by atoms with Crippen molar-refractivity contribution in [1.29, 1.82) is 0 Å². The smallest absolute Gasteiger partial charge is 0.332 e. The lowest BCUT2D eigenvalue weighted by molar-refractivity contribution is -0.147. The number of carboxylic acid groups (broad SMARTS) is 1. The van der Waals surface area contributed by atoms with Crippen molar-refractivity contribution >= 4 is 5.97 Å². The summed E-state index contributed by atoms with van der Waals surface area (Å²) < 4.78 is 0. The second kappa shape index (κ2) is 5.06. The molecule has 2 unspecified atom stereocenters. The van der Waals surface area contributed by atoms with Crippen LogP contribution in [0.4, 0.5) is 0 Å². The van der Waals surface area contributed by atoms with E-state index in [0.717, 1.165) is 0 Å². The normalized spacial score (nSPS) is 15.9. The van der Waals surface area contributed by atoms with E-state index in [1.54, 1.807) is 0 Å². The van der Waals surface area contributed by atoms with Gasteiger partial charge in [-0.25, -0.2) is 4.79 Å². The van der Waals surface area contributed by atoms with E-state index in [0.29, 0.717) is 0 Å². The molecule has 66 valence electrons. The fourth-order valence-corrected chi connectivity index (χ4v) is 0.592. The molecule has 0 heterocycles. The molecule has 0 aliphatic rings. The van der Waals surface area contributed by atoms with Crippen molar-refractivity contribution in [2.45, 2.75) is 25.0 Å². The van der Waals surface area contributed by atoms with E-state index < -0.39 is 18.2 Å². The van der Waals surface area contributed by atoms with Crippen LogP contribution in [0.3, 0.4) is 0 Å². The van der Waals surface area contributed by atoms with Gasteiger partial charge in [-0.05, 0) is 12.8 Å². The Morgan fingerprint density at radius 2 is 1.91 bits per heavy atom. The molecule has 0 radical (unpaired) electrons. The lowest BCUT2D eigenvalue weighted by Crippen LogP contribution is -2.25. The molecule has 0 aromatic carbocycles. The molecule has 0 aromatic heterocycles. The number of aliphatic hydroxyl groups is 2. The van der Waals surface area contributed by atoms with Gasteiger partial charge in [-0.1, -0.05) is 0 Å². The van der Waals surface area contributed by atoms with Gasteiger partial charge >= 0.3 is 5.97 Å². The standard InChI is InChI=1S/C6H13NO4/c7-3-4(8)1-2-5(9)6(10)11/h4-5,8-9H,1-3,7H2,(H,10,11). The molecular formula is C6H13NO4. The van der Waals surface area contributed by atoms with Gasteiger partial charge in [0.15, 0.2) is 6.10 Å². The molecule has 0 aliphatic heterocycles. The van der Waals surface area contributed by atoms with Crippen molar-refractivity contribution in [1.82, 2.24) is 0 Å². The second-order valence-electron chi connectivity index (χ2n) is 2.32. The summed E-state index contributed by atoms with van der Waals surface area (Å²) in [7, 11) is 0. The summed E-state index contributed by atoms with van der Waals surface area (Å²) in [5, 5.41) is 25.8. The van der Waals surface area contributed by atoms with Crippen LogP contribution in [-0.4, -0.2) is 40.0 Å². The fraction of sp³-hybridized carbons (Fsp3) is 0.833. The Morgan fingerprint density at radius 3 is 2.27 bits per heavy atom. The fourth-order valence-electron chi connectivity index (χ4n) is 0.592. The van der Waals surface area contributed by atoms with Gasteiger partial charge in [0.2, 0.25) is 0 Å². The topological polar surface area (TPSA) is 104 Å². The van der Waals surface area contributed by atoms with Crippen molar-refractivity contribution in [2.75, 3.05) is 6.54 Å². The summed E-state index contributed by atoms with van der Waals surface area (Å²) in [6.07, 6.45) is -1.86. The molecule has 5 N–H and O–H groups in total. The van der Waals surface area contributed by atoms with E-state index in [9.17, 15) is 4.79 Å². The molecule has 0 fully saturated rings. The van der Waals surface area contributed by atoms with Crippen LogP contribution in [0.2, 0.25) is 0 Å². The highest BCUT2D eigenvalue weighted by Gasteiger charge is 2.14. The first-order valence-electron chi connectivity index (χ1n) is 3.37. The third-order valence-electron chi connectivity index (χ3n) is 1.33. The molecule has 0 rings (SSSR count). The van der Waals surface area contributed by atoms with Crippen molar-refractivity contribution in [3.05, 3.63) is 0 Å². The molecular weight excluding hydrogens is 150 g/mol. The maximum absolute atomic E-state index is 10.0. The van der Waals surface area contributed by atoms with Crippen LogP contribution in [0.5, 0.6) is 0 Å². The second-order valence-corrected chi connectivity index (χ2v) is 2.32. The number of rotatable bonds is 5. The summed E-state index contributed by atoms with van der Waals surface area (Å²) in [6.45, 7) is 0.0896. The van der Waals surface area contributed by atoms with Gasteiger partial charge in [0.25, 0.3) is 0 Å². The Kier molecular flexibility index (Phi) is 4.76. The predicted molar refractivity (Wildman–Crippen MR) is 37.9 cm³/mol. The lowest BCUT2D eigenvalue weighted by atomic mass is 10.1. The minimum atomic E-state index is -1.39. The molecule has 0 spiro atoms. The molecule has 0 saturated carbocycles. The van der Waals surface area contributed by atoms with Gasteiger partial charge in [-0.2, -0.15) is 0 Å². The van der Waals surface area contributed by atoms with Gasteiger partial charge in [0, 0.05) is 6.54 Å². The van der Waals surface area contributed by atoms with E-state index >= 15 is 0 Å². The molecule has 2 atom stereocenters. The maximum atomic E-state index is 10.0. The van der Waals surface area contributed by atoms with Crippen LogP contribution in [0.15, 0.2) is 0 Å². The van der Waals surface area contributed by atoms with Gasteiger partial charge in [-0.15, -0.1) is 0 Å². The summed E-state index contributed by atoms with van der Waals surface area (Å²) in [5.74, 6) is -1.27. The van der Waals surface area contributed by atoms with E-state index in [-0.39, 0.29) is 19.4 Å². The van der Waals surface area contributed by atoms with Gasteiger partial charge in [0.1, 0.15) is 0 Å². The average Bonchev–Trinajstić information content (AvgIpc) is 1.99. The number of aliphatic carboxylic acids is 1. The highest BCUT2D eigenvalue weighted by atomic mass is 16.4. The first kappa shape index (κ1) is 10.3. The minimum Gasteiger partial charge on any atom is -0.479 e. The summed E-state index contributed by atoms with van der Waals surface area (Å²) in [6, 6.07) is 0. The average molecular weight is 163 g/mol. The van der Waals surface area contributed by atoms with Crippen LogP contribution in [0.25, 0.3) is 0 Å². The Hall–Kier alpha value is -0.650. The minimum absolute atomic E-state index is 0.0354. The molecule has 11 heavy (non-hydrogen) atoms. The SMILES string of the molecule is NCC(O)CCC(O)C(=O)O. The highest BCUT2D eigenvalue weighted by Crippen LogP contribution is 2.00. The maximum Gasteiger partial charge on any atom is 0.332 e. The van der Waals surface area contributed by atoms with Crippen molar-refractivity contribution in [3.8, 4) is 0 Å². The quantitative estimate of drug-likeness (QED) is 0.396. The third kappa shape index (κ3) is 4.72. The zero-order valence-corrected chi connectivity index (χ0v) is 6.10. The van der Waals surface area contributed by atoms with Crippen molar-refractivity contribution in [2.24, 2.45) is 5.73 Å². The monoisotopic (exact) mass is 163 g/mol. The number of hydrogen-bond donors (Lipinski definition) is 4. The first-order valence-corrected chi connectivity index (χ1v) is 3.37. The van der Waals surface area contributed by atoms with Gasteiger partial charge in [0.05, 0.1) is 6.10 Å². The summed E-state index contributed by atoms with van der Waals surface area (Å²) >= 11 is 0. The Morgan fingerprint density at radius 1 is 1.36 bits per heavy atom. The lowest BCUT2D eigenvalue weighted by Gasteiger charge is -2.08. The molecule has 0 aromatic rings. The number of hydrogen-bond acceptors (Lipinski definition) is 4. The summed E-state index contributed by atoms with van der Waals surface area (Å²) in [5.41, 5.74) is 5.06.